The summed E-state index contributed by atoms with van der Waals surface area (Å²) in [6.07, 6.45) is 6.60. The van der Waals surface area contributed by atoms with Crippen molar-refractivity contribution in [2.75, 3.05) is 7.05 Å². The minimum Gasteiger partial charge on any atom is -0.481 e. The minimum absolute atomic E-state index is 0.232. The number of carbonyl (C=O) groups excluding carboxylic acids is 1. The molecule has 0 radical (unpaired) electrons. The van der Waals surface area contributed by atoms with Gasteiger partial charge in [-0.05, 0) is 30.5 Å². The lowest BCUT2D eigenvalue weighted by atomic mass is 9.84. The van der Waals surface area contributed by atoms with Crippen LogP contribution in [0.25, 0.3) is 0 Å². The standard InChI is InChI=1S/C15H21N3O3/c1-18(10-11-6-8-16-9-7-11)15(21)17-13-5-3-2-4-12(13)14(19)20/h6-9,12-13H,2-5,10H2,1H3,(H,17,21)(H,19,20). The van der Waals surface area contributed by atoms with Crippen LogP contribution < -0.4 is 5.32 Å². The lowest BCUT2D eigenvalue weighted by Gasteiger charge is -2.31. The van der Waals surface area contributed by atoms with E-state index in [1.165, 1.54) is 0 Å². The van der Waals surface area contributed by atoms with Crippen LogP contribution in [0, 0.1) is 5.92 Å². The van der Waals surface area contributed by atoms with Crippen LogP contribution in [-0.2, 0) is 11.3 Å². The van der Waals surface area contributed by atoms with E-state index in [-0.39, 0.29) is 12.1 Å². The number of aliphatic carboxylic acids is 1. The molecule has 2 atom stereocenters. The summed E-state index contributed by atoms with van der Waals surface area (Å²) >= 11 is 0. The van der Waals surface area contributed by atoms with E-state index in [2.05, 4.69) is 10.3 Å². The molecule has 0 aromatic carbocycles. The van der Waals surface area contributed by atoms with Crippen molar-refractivity contribution in [3.63, 3.8) is 0 Å². The SMILES string of the molecule is CN(Cc1ccncc1)C(=O)NC1CCCCC1C(=O)O. The second-order valence-electron chi connectivity index (χ2n) is 5.50. The molecule has 114 valence electrons. The van der Waals surface area contributed by atoms with Crippen LogP contribution in [0.1, 0.15) is 31.2 Å². The van der Waals surface area contributed by atoms with Gasteiger partial charge in [-0.3, -0.25) is 9.78 Å². The maximum atomic E-state index is 12.2. The fraction of sp³-hybridized carbons (Fsp3) is 0.533. The highest BCUT2D eigenvalue weighted by molar-refractivity contribution is 5.76. The van der Waals surface area contributed by atoms with Crippen LogP contribution in [0.5, 0.6) is 0 Å². The van der Waals surface area contributed by atoms with Gasteiger partial charge in [0.1, 0.15) is 0 Å². The molecule has 1 saturated carbocycles. The number of carbonyl (C=O) groups is 2. The van der Waals surface area contributed by atoms with E-state index in [9.17, 15) is 14.7 Å². The number of aromatic nitrogens is 1. The molecule has 6 nitrogen and oxygen atoms in total. The fourth-order valence-corrected chi connectivity index (χ4v) is 2.70. The second-order valence-corrected chi connectivity index (χ2v) is 5.50. The summed E-state index contributed by atoms with van der Waals surface area (Å²) in [5.74, 6) is -1.30. The molecule has 6 heteroatoms. The van der Waals surface area contributed by atoms with E-state index in [1.54, 1.807) is 24.3 Å². The zero-order valence-corrected chi connectivity index (χ0v) is 12.2. The largest absolute Gasteiger partial charge is 0.481 e. The predicted molar refractivity (Wildman–Crippen MR) is 77.6 cm³/mol. The maximum Gasteiger partial charge on any atom is 0.317 e. The Hall–Kier alpha value is -2.11. The van der Waals surface area contributed by atoms with E-state index >= 15 is 0 Å². The van der Waals surface area contributed by atoms with Crippen molar-refractivity contribution in [1.82, 2.24) is 15.2 Å². The molecule has 1 aliphatic carbocycles. The summed E-state index contributed by atoms with van der Waals surface area (Å²) in [6.45, 7) is 0.471. The van der Waals surface area contributed by atoms with Gasteiger partial charge in [-0.15, -0.1) is 0 Å². The molecule has 0 saturated heterocycles. The molecule has 1 fully saturated rings. The van der Waals surface area contributed by atoms with Crippen molar-refractivity contribution in [1.29, 1.82) is 0 Å². The third-order valence-electron chi connectivity index (χ3n) is 3.91. The van der Waals surface area contributed by atoms with Gasteiger partial charge in [-0.2, -0.15) is 0 Å². The molecular formula is C15H21N3O3. The molecule has 1 heterocycles. The molecule has 2 unspecified atom stereocenters. The molecule has 0 spiro atoms. The van der Waals surface area contributed by atoms with Gasteiger partial charge in [0.05, 0.1) is 5.92 Å². The van der Waals surface area contributed by atoms with Gasteiger partial charge in [0, 0.05) is 32.0 Å². The number of hydrogen-bond donors (Lipinski definition) is 2. The van der Waals surface area contributed by atoms with Crippen molar-refractivity contribution in [2.24, 2.45) is 5.92 Å². The second kappa shape index (κ2) is 7.06. The first-order valence-corrected chi connectivity index (χ1v) is 7.21. The maximum absolute atomic E-state index is 12.2. The van der Waals surface area contributed by atoms with E-state index in [4.69, 9.17) is 0 Å². The number of urea groups is 1. The highest BCUT2D eigenvalue weighted by Gasteiger charge is 2.32. The summed E-state index contributed by atoms with van der Waals surface area (Å²) in [7, 11) is 1.70. The third-order valence-corrected chi connectivity index (χ3v) is 3.91. The molecule has 0 aliphatic heterocycles. The topological polar surface area (TPSA) is 82.5 Å². The molecule has 0 bridgehead atoms. The van der Waals surface area contributed by atoms with Gasteiger partial charge >= 0.3 is 12.0 Å². The number of rotatable bonds is 4. The van der Waals surface area contributed by atoms with Crippen LogP contribution in [-0.4, -0.2) is 40.1 Å². The smallest absolute Gasteiger partial charge is 0.317 e. The van der Waals surface area contributed by atoms with E-state index in [0.29, 0.717) is 13.0 Å². The lowest BCUT2D eigenvalue weighted by molar-refractivity contribution is -0.143. The Bertz CT molecular complexity index is 492. The van der Waals surface area contributed by atoms with Crippen LogP contribution >= 0.6 is 0 Å². The Kier molecular flexibility index (Phi) is 5.14. The molecule has 1 aliphatic rings. The third kappa shape index (κ3) is 4.18. The lowest BCUT2D eigenvalue weighted by Crippen LogP contribution is -2.49. The van der Waals surface area contributed by atoms with Crippen molar-refractivity contribution < 1.29 is 14.7 Å². The summed E-state index contributed by atoms with van der Waals surface area (Å²) in [5, 5.41) is 12.1. The van der Waals surface area contributed by atoms with Crippen molar-refractivity contribution in [3.8, 4) is 0 Å². The van der Waals surface area contributed by atoms with Crippen LogP contribution in [0.4, 0.5) is 4.79 Å². The number of pyridine rings is 1. The van der Waals surface area contributed by atoms with Gasteiger partial charge in [0.25, 0.3) is 0 Å². The van der Waals surface area contributed by atoms with Gasteiger partial charge in [-0.25, -0.2) is 4.79 Å². The molecule has 1 aromatic rings. The van der Waals surface area contributed by atoms with Crippen molar-refractivity contribution >= 4 is 12.0 Å². The minimum atomic E-state index is -0.822. The van der Waals surface area contributed by atoms with Crippen LogP contribution in [0.2, 0.25) is 0 Å². The summed E-state index contributed by atoms with van der Waals surface area (Å²) in [6, 6.07) is 3.20. The Morgan fingerprint density at radius 3 is 2.67 bits per heavy atom. The zero-order chi connectivity index (χ0) is 15.2. The first-order chi connectivity index (χ1) is 10.1. The molecule has 1 aromatic heterocycles. The Morgan fingerprint density at radius 1 is 1.33 bits per heavy atom. The highest BCUT2D eigenvalue weighted by atomic mass is 16.4. The van der Waals surface area contributed by atoms with Crippen LogP contribution in [0.3, 0.4) is 0 Å². The zero-order valence-electron chi connectivity index (χ0n) is 12.2. The van der Waals surface area contributed by atoms with Crippen LogP contribution in [0.15, 0.2) is 24.5 Å². The van der Waals surface area contributed by atoms with Crippen molar-refractivity contribution in [3.05, 3.63) is 30.1 Å². The molecule has 2 rings (SSSR count). The predicted octanol–water partition coefficient (Wildman–Crippen LogP) is 1.87. The first kappa shape index (κ1) is 15.3. The number of carboxylic acids is 1. The van der Waals surface area contributed by atoms with E-state index < -0.39 is 11.9 Å². The Balaban J connectivity index is 1.91. The van der Waals surface area contributed by atoms with Crippen molar-refractivity contribution in [2.45, 2.75) is 38.3 Å². The summed E-state index contributed by atoms with van der Waals surface area (Å²) < 4.78 is 0. The Labute approximate surface area is 124 Å². The van der Waals surface area contributed by atoms with Gasteiger partial charge in [-0.1, -0.05) is 12.8 Å². The number of nitrogens with zero attached hydrogens (tertiary/aromatic N) is 2. The van der Waals surface area contributed by atoms with Gasteiger partial charge in [0.15, 0.2) is 0 Å². The molecular weight excluding hydrogens is 270 g/mol. The fourth-order valence-electron chi connectivity index (χ4n) is 2.70. The average Bonchev–Trinajstić information content (AvgIpc) is 2.48. The number of carboxylic acid groups (broad SMARTS) is 1. The number of nitrogens with one attached hydrogen (secondary N) is 1. The van der Waals surface area contributed by atoms with E-state index in [0.717, 1.165) is 24.8 Å². The molecule has 2 N–H and O–H groups in total. The molecule has 2 amide bonds. The van der Waals surface area contributed by atoms with Gasteiger partial charge in [0.2, 0.25) is 0 Å². The number of amides is 2. The normalized spacial score (nSPS) is 21.6. The number of hydrogen-bond acceptors (Lipinski definition) is 3. The first-order valence-electron chi connectivity index (χ1n) is 7.21. The van der Waals surface area contributed by atoms with Gasteiger partial charge < -0.3 is 15.3 Å². The monoisotopic (exact) mass is 291 g/mol. The quantitative estimate of drug-likeness (QED) is 0.887. The Morgan fingerprint density at radius 2 is 2.00 bits per heavy atom. The molecule has 21 heavy (non-hydrogen) atoms. The highest BCUT2D eigenvalue weighted by Crippen LogP contribution is 2.24. The summed E-state index contributed by atoms with van der Waals surface area (Å²) in [5.41, 5.74) is 0.987. The average molecular weight is 291 g/mol. The van der Waals surface area contributed by atoms with E-state index in [1.807, 2.05) is 12.1 Å². The summed E-state index contributed by atoms with van der Waals surface area (Å²) in [4.78, 5) is 28.9.